The Morgan fingerprint density at radius 2 is 2.00 bits per heavy atom. The summed E-state index contributed by atoms with van der Waals surface area (Å²) < 4.78 is 3.00. The predicted octanol–water partition coefficient (Wildman–Crippen LogP) is 4.02. The third-order valence-corrected chi connectivity index (χ3v) is 4.73. The summed E-state index contributed by atoms with van der Waals surface area (Å²) in [4.78, 5) is 10.4. The molecule has 0 saturated carbocycles. The largest absolute Gasteiger partial charge is 0.369 e. The average molecular weight is 432 g/mol. The van der Waals surface area contributed by atoms with E-state index in [9.17, 15) is 10.1 Å². The first-order valence-electron chi connectivity index (χ1n) is 7.50. The number of aromatic nitrogens is 2. The van der Waals surface area contributed by atoms with Crippen LogP contribution in [0, 0.1) is 13.7 Å². The van der Waals surface area contributed by atoms with E-state index >= 15 is 0 Å². The zero-order chi connectivity index (χ0) is 16.7. The van der Waals surface area contributed by atoms with Crippen LogP contribution in [0.2, 0.25) is 0 Å². The van der Waals surface area contributed by atoms with Gasteiger partial charge in [0, 0.05) is 33.4 Å². The fourth-order valence-corrected chi connectivity index (χ4v) is 3.49. The fourth-order valence-electron chi connectivity index (χ4n) is 2.94. The molecule has 0 spiro atoms. The SMILES string of the molecule is O=[N+]([O-])c1ccc(-n2nc(-c3cccc(I)c3)c3c2NCC3)cc1. The van der Waals surface area contributed by atoms with Gasteiger partial charge in [-0.25, -0.2) is 4.68 Å². The molecule has 4 rings (SSSR count). The fraction of sp³-hybridized carbons (Fsp3) is 0.118. The van der Waals surface area contributed by atoms with Gasteiger partial charge in [-0.05, 0) is 53.3 Å². The van der Waals surface area contributed by atoms with Gasteiger partial charge in [0.05, 0.1) is 16.3 Å². The quantitative estimate of drug-likeness (QED) is 0.386. The molecular weight excluding hydrogens is 419 g/mol. The summed E-state index contributed by atoms with van der Waals surface area (Å²) in [5, 5.41) is 19.0. The minimum atomic E-state index is -0.396. The molecule has 6 nitrogen and oxygen atoms in total. The van der Waals surface area contributed by atoms with E-state index in [1.165, 1.54) is 17.7 Å². The van der Waals surface area contributed by atoms with E-state index in [-0.39, 0.29) is 5.69 Å². The van der Waals surface area contributed by atoms with Gasteiger partial charge in [0.1, 0.15) is 5.82 Å². The molecule has 120 valence electrons. The summed E-state index contributed by atoms with van der Waals surface area (Å²) in [6, 6.07) is 14.7. The van der Waals surface area contributed by atoms with Gasteiger partial charge in [-0.3, -0.25) is 10.1 Å². The number of rotatable bonds is 3. The number of fused-ring (bicyclic) bond motifs is 1. The van der Waals surface area contributed by atoms with Crippen LogP contribution in [0.25, 0.3) is 16.9 Å². The maximum atomic E-state index is 10.8. The van der Waals surface area contributed by atoms with Gasteiger partial charge in [0.25, 0.3) is 5.69 Å². The summed E-state index contributed by atoms with van der Waals surface area (Å²) in [5.41, 5.74) is 4.13. The Morgan fingerprint density at radius 1 is 1.21 bits per heavy atom. The number of benzene rings is 2. The van der Waals surface area contributed by atoms with Crippen LogP contribution in [-0.2, 0) is 6.42 Å². The van der Waals surface area contributed by atoms with Crippen LogP contribution in [0.1, 0.15) is 5.56 Å². The third-order valence-electron chi connectivity index (χ3n) is 4.05. The number of nitro groups is 1. The van der Waals surface area contributed by atoms with Crippen molar-refractivity contribution in [3.63, 3.8) is 0 Å². The van der Waals surface area contributed by atoms with Crippen molar-refractivity contribution in [1.82, 2.24) is 9.78 Å². The van der Waals surface area contributed by atoms with Crippen molar-refractivity contribution in [3.05, 3.63) is 67.8 Å². The molecule has 0 saturated heterocycles. The molecule has 0 aliphatic carbocycles. The van der Waals surface area contributed by atoms with Gasteiger partial charge in [-0.15, -0.1) is 0 Å². The average Bonchev–Trinajstić information content (AvgIpc) is 3.17. The van der Waals surface area contributed by atoms with Crippen LogP contribution < -0.4 is 5.32 Å². The molecule has 7 heteroatoms. The zero-order valence-corrected chi connectivity index (χ0v) is 14.7. The molecule has 1 aliphatic heterocycles. The standard InChI is InChI=1S/C17H13IN4O2/c18-12-3-1-2-11(10-12)16-15-8-9-19-17(15)21(20-16)13-4-6-14(7-5-13)22(23)24/h1-7,10,19H,8-9H2. The molecule has 0 fully saturated rings. The van der Waals surface area contributed by atoms with Crippen LogP contribution in [-0.4, -0.2) is 21.2 Å². The number of nitro benzene ring substituents is 1. The second-order valence-corrected chi connectivity index (χ2v) is 6.79. The molecule has 0 radical (unpaired) electrons. The molecule has 1 N–H and O–H groups in total. The molecule has 0 atom stereocenters. The molecule has 0 bridgehead atoms. The number of anilines is 1. The van der Waals surface area contributed by atoms with Crippen molar-refractivity contribution >= 4 is 34.1 Å². The van der Waals surface area contributed by atoms with Crippen molar-refractivity contribution in [2.75, 3.05) is 11.9 Å². The molecule has 24 heavy (non-hydrogen) atoms. The first-order valence-corrected chi connectivity index (χ1v) is 8.58. The summed E-state index contributed by atoms with van der Waals surface area (Å²) >= 11 is 2.29. The number of non-ortho nitro benzene ring substituents is 1. The highest BCUT2D eigenvalue weighted by Crippen LogP contribution is 2.35. The van der Waals surface area contributed by atoms with E-state index in [2.05, 4.69) is 46.1 Å². The maximum absolute atomic E-state index is 10.8. The zero-order valence-electron chi connectivity index (χ0n) is 12.6. The summed E-state index contributed by atoms with van der Waals surface area (Å²) in [7, 11) is 0. The van der Waals surface area contributed by atoms with Crippen LogP contribution in [0.5, 0.6) is 0 Å². The molecule has 0 unspecified atom stereocenters. The van der Waals surface area contributed by atoms with Gasteiger partial charge in [-0.1, -0.05) is 12.1 Å². The van der Waals surface area contributed by atoms with Crippen LogP contribution in [0.15, 0.2) is 48.5 Å². The van der Waals surface area contributed by atoms with Gasteiger partial charge in [-0.2, -0.15) is 5.10 Å². The predicted molar refractivity (Wildman–Crippen MR) is 101 cm³/mol. The van der Waals surface area contributed by atoms with E-state index < -0.39 is 4.92 Å². The number of nitrogens with one attached hydrogen (secondary N) is 1. The van der Waals surface area contributed by atoms with Crippen LogP contribution >= 0.6 is 22.6 Å². The van der Waals surface area contributed by atoms with Gasteiger partial charge in [0.2, 0.25) is 0 Å². The number of nitrogens with zero attached hydrogens (tertiary/aromatic N) is 3. The van der Waals surface area contributed by atoms with Gasteiger partial charge < -0.3 is 5.32 Å². The van der Waals surface area contributed by atoms with E-state index in [1.807, 2.05) is 10.7 Å². The first-order chi connectivity index (χ1) is 11.6. The monoisotopic (exact) mass is 432 g/mol. The summed E-state index contributed by atoms with van der Waals surface area (Å²) in [5.74, 6) is 0.970. The minimum Gasteiger partial charge on any atom is -0.369 e. The highest BCUT2D eigenvalue weighted by atomic mass is 127. The highest BCUT2D eigenvalue weighted by Gasteiger charge is 2.24. The maximum Gasteiger partial charge on any atom is 0.269 e. The lowest BCUT2D eigenvalue weighted by Gasteiger charge is -2.06. The number of hydrogen-bond acceptors (Lipinski definition) is 4. The highest BCUT2D eigenvalue weighted by molar-refractivity contribution is 14.1. The lowest BCUT2D eigenvalue weighted by atomic mass is 10.1. The Balaban J connectivity index is 1.83. The Morgan fingerprint density at radius 3 is 2.71 bits per heavy atom. The number of halogens is 1. The Bertz CT molecular complexity index is 934. The normalized spacial score (nSPS) is 12.7. The summed E-state index contributed by atoms with van der Waals surface area (Å²) in [6.45, 7) is 0.872. The van der Waals surface area contributed by atoms with Crippen molar-refractivity contribution < 1.29 is 4.92 Å². The third kappa shape index (κ3) is 2.54. The first kappa shape index (κ1) is 15.1. The van der Waals surface area contributed by atoms with E-state index in [0.29, 0.717) is 0 Å². The topological polar surface area (TPSA) is 73.0 Å². The van der Waals surface area contributed by atoms with Crippen molar-refractivity contribution in [2.24, 2.45) is 0 Å². The Hall–Kier alpha value is -2.42. The smallest absolute Gasteiger partial charge is 0.269 e. The molecule has 1 aliphatic rings. The van der Waals surface area contributed by atoms with E-state index in [1.54, 1.807) is 12.1 Å². The molecule has 0 amide bonds. The molecule has 2 heterocycles. The van der Waals surface area contributed by atoms with Crippen LogP contribution in [0.3, 0.4) is 0 Å². The van der Waals surface area contributed by atoms with E-state index in [0.717, 1.165) is 39.3 Å². The molecule has 3 aromatic rings. The van der Waals surface area contributed by atoms with Crippen molar-refractivity contribution in [2.45, 2.75) is 6.42 Å². The summed E-state index contributed by atoms with van der Waals surface area (Å²) in [6.07, 6.45) is 0.920. The lowest BCUT2D eigenvalue weighted by molar-refractivity contribution is -0.384. The second-order valence-electron chi connectivity index (χ2n) is 5.55. The van der Waals surface area contributed by atoms with Crippen molar-refractivity contribution in [1.29, 1.82) is 0 Å². The number of hydrogen-bond donors (Lipinski definition) is 1. The van der Waals surface area contributed by atoms with Gasteiger partial charge in [0.15, 0.2) is 0 Å². The lowest BCUT2D eigenvalue weighted by Crippen LogP contribution is -2.04. The second kappa shape index (κ2) is 5.90. The van der Waals surface area contributed by atoms with Crippen molar-refractivity contribution in [3.8, 4) is 16.9 Å². The van der Waals surface area contributed by atoms with E-state index in [4.69, 9.17) is 5.10 Å². The Labute approximate surface area is 151 Å². The molecular formula is C17H13IN4O2. The molecule has 1 aromatic heterocycles. The molecule has 2 aromatic carbocycles. The minimum absolute atomic E-state index is 0.0772. The van der Waals surface area contributed by atoms with Crippen LogP contribution in [0.4, 0.5) is 11.5 Å². The Kier molecular flexibility index (Phi) is 3.72. The van der Waals surface area contributed by atoms with Gasteiger partial charge >= 0.3 is 0 Å².